The number of hydrogen-bond acceptors (Lipinski definition) is 1. The van der Waals surface area contributed by atoms with Crippen molar-refractivity contribution in [3.05, 3.63) is 70.3 Å². The maximum atomic E-state index is 15.2. The van der Waals surface area contributed by atoms with Crippen molar-refractivity contribution in [2.75, 3.05) is 0 Å². The van der Waals surface area contributed by atoms with Crippen molar-refractivity contribution in [3.8, 4) is 5.75 Å². The minimum absolute atomic E-state index is 0.0224. The lowest BCUT2D eigenvalue weighted by Gasteiger charge is -2.37. The molecule has 10 heteroatoms. The van der Waals surface area contributed by atoms with Gasteiger partial charge in [-0.1, -0.05) is 118 Å². The molecule has 1 nitrogen and oxygen atoms in total. The summed E-state index contributed by atoms with van der Waals surface area (Å²) >= 11 is 0. The van der Waals surface area contributed by atoms with Crippen LogP contribution in [0, 0.1) is 24.7 Å². The molecule has 1 aliphatic rings. The van der Waals surface area contributed by atoms with E-state index in [-0.39, 0.29) is 16.5 Å². The number of rotatable bonds is 17. The highest BCUT2D eigenvalue weighted by Gasteiger charge is 2.81. The number of alkyl halides is 9. The van der Waals surface area contributed by atoms with Crippen LogP contribution in [0.1, 0.15) is 147 Å². The Hall–Kier alpha value is -2.65. The van der Waals surface area contributed by atoms with E-state index in [0.29, 0.717) is 35.6 Å². The van der Waals surface area contributed by atoms with Crippen LogP contribution in [0.2, 0.25) is 0 Å². The molecular weight excluding hydrogens is 703 g/mol. The van der Waals surface area contributed by atoms with E-state index >= 15 is 8.78 Å². The Bertz CT molecular complexity index is 1520. The average Bonchev–Trinajstić information content (AvgIpc) is 3.02. The average molecular weight is 763 g/mol. The number of fused-ring (bicyclic) bond motifs is 1. The number of benzene rings is 2. The summed E-state index contributed by atoms with van der Waals surface area (Å²) in [7, 11) is 0. The summed E-state index contributed by atoms with van der Waals surface area (Å²) in [5.74, 6) is -17.1. The van der Waals surface area contributed by atoms with Crippen LogP contribution in [0.3, 0.4) is 0 Å². The maximum absolute atomic E-state index is 15.2. The number of hydrogen-bond donors (Lipinski definition) is 0. The molecule has 1 aliphatic heterocycles. The highest BCUT2D eigenvalue weighted by molar-refractivity contribution is 5.82. The van der Waals surface area contributed by atoms with E-state index < -0.39 is 41.2 Å². The van der Waals surface area contributed by atoms with Gasteiger partial charge in [0.25, 0.3) is 0 Å². The quantitative estimate of drug-likeness (QED) is 0.146. The van der Waals surface area contributed by atoms with E-state index in [9.17, 15) is 30.7 Å². The first-order chi connectivity index (χ1) is 24.2. The molecule has 0 aromatic heterocycles. The van der Waals surface area contributed by atoms with Crippen molar-refractivity contribution in [1.82, 2.24) is 0 Å². The zero-order valence-electron chi connectivity index (χ0n) is 32.9. The van der Waals surface area contributed by atoms with Crippen LogP contribution in [0.5, 0.6) is 5.75 Å². The minimum atomic E-state index is -6.99. The van der Waals surface area contributed by atoms with E-state index in [1.807, 2.05) is 27.7 Å². The number of aryl methyl sites for hydroxylation is 2. The van der Waals surface area contributed by atoms with E-state index in [1.165, 1.54) is 62.8 Å². The van der Waals surface area contributed by atoms with E-state index in [0.717, 1.165) is 36.7 Å². The molecule has 300 valence electrons. The summed E-state index contributed by atoms with van der Waals surface area (Å²) in [6.07, 6.45) is 3.95. The highest BCUT2D eigenvalue weighted by Crippen LogP contribution is 2.54. The molecule has 3 atom stereocenters. The van der Waals surface area contributed by atoms with E-state index in [1.54, 1.807) is 19.1 Å². The van der Waals surface area contributed by atoms with Gasteiger partial charge in [-0.25, -0.2) is 0 Å². The standard InChI is InChI=1S/C43H59F9O/c1-28(2)13-10-14-29(3)15-11-16-30(4)17-12-23-39(9)24-22-33-26-34(25-31(5)37(33)53-39)36(32-18-20-35(21-19-32)38(6,7)8)27-40(44,45)41(46,47)42(48,49)43(50,51)52/h18-21,25-30H,10-17,22-24H2,1-9H3/b36-27+. The zero-order chi connectivity index (χ0) is 40.2. The normalized spacial score (nSPS) is 18.9. The fraction of sp³-hybridized carbons (Fsp3) is 0.674. The Morgan fingerprint density at radius 1 is 0.736 bits per heavy atom. The lowest BCUT2D eigenvalue weighted by molar-refractivity contribution is -0.388. The number of halogens is 9. The molecule has 1 heterocycles. The molecule has 0 saturated heterocycles. The van der Waals surface area contributed by atoms with Gasteiger partial charge < -0.3 is 4.74 Å². The molecule has 3 rings (SSSR count). The third-order valence-corrected chi connectivity index (χ3v) is 10.8. The SMILES string of the molecule is Cc1cc(/C(=C/C(F)(F)C(F)(F)C(F)(F)C(F)(F)F)c2ccc(C(C)(C)C)cc2)cc2c1OC(C)(CCCC(C)CCCC(C)CCCC(C)C)CC2. The van der Waals surface area contributed by atoms with Gasteiger partial charge >= 0.3 is 23.9 Å². The lowest BCUT2D eigenvalue weighted by atomic mass is 9.83. The largest absolute Gasteiger partial charge is 0.487 e. The lowest BCUT2D eigenvalue weighted by Crippen LogP contribution is -2.60. The second kappa shape index (κ2) is 17.0. The van der Waals surface area contributed by atoms with Crippen molar-refractivity contribution in [1.29, 1.82) is 0 Å². The molecule has 0 N–H and O–H groups in total. The molecule has 0 radical (unpaired) electrons. The Morgan fingerprint density at radius 2 is 1.26 bits per heavy atom. The number of ether oxygens (including phenoxy) is 1. The molecule has 0 bridgehead atoms. The molecule has 0 amide bonds. The van der Waals surface area contributed by atoms with Crippen LogP contribution in [-0.4, -0.2) is 29.5 Å². The molecular formula is C43H59F9O. The van der Waals surface area contributed by atoms with Crippen LogP contribution in [0.25, 0.3) is 5.57 Å². The second-order valence-corrected chi connectivity index (χ2v) is 17.3. The predicted octanol–water partition coefficient (Wildman–Crippen LogP) is 14.7. The van der Waals surface area contributed by atoms with Gasteiger partial charge in [0.15, 0.2) is 0 Å². The zero-order valence-corrected chi connectivity index (χ0v) is 32.9. The molecule has 0 fully saturated rings. The highest BCUT2D eigenvalue weighted by atomic mass is 19.4. The van der Waals surface area contributed by atoms with Gasteiger partial charge in [-0.2, -0.15) is 39.5 Å². The van der Waals surface area contributed by atoms with Gasteiger partial charge in [0, 0.05) is 0 Å². The van der Waals surface area contributed by atoms with Crippen molar-refractivity contribution in [2.45, 2.75) is 168 Å². The topological polar surface area (TPSA) is 9.23 Å². The van der Waals surface area contributed by atoms with Crippen LogP contribution in [0.15, 0.2) is 42.5 Å². The van der Waals surface area contributed by atoms with Gasteiger partial charge in [-0.15, -0.1) is 0 Å². The molecule has 0 saturated carbocycles. The first-order valence-electron chi connectivity index (χ1n) is 19.1. The van der Waals surface area contributed by atoms with Gasteiger partial charge in [-0.05, 0) is 114 Å². The van der Waals surface area contributed by atoms with E-state index in [2.05, 4.69) is 27.7 Å². The second-order valence-electron chi connectivity index (χ2n) is 17.3. The fourth-order valence-electron chi connectivity index (χ4n) is 7.15. The molecule has 3 unspecified atom stereocenters. The number of allylic oxidation sites excluding steroid dienone is 1. The van der Waals surface area contributed by atoms with Crippen molar-refractivity contribution in [2.24, 2.45) is 17.8 Å². The van der Waals surface area contributed by atoms with Crippen LogP contribution in [0.4, 0.5) is 39.5 Å². The minimum Gasteiger partial charge on any atom is -0.487 e. The van der Waals surface area contributed by atoms with Gasteiger partial charge in [0.05, 0.1) is 0 Å². The Kier molecular flexibility index (Phi) is 14.4. The van der Waals surface area contributed by atoms with Crippen molar-refractivity contribution < 1.29 is 44.3 Å². The predicted molar refractivity (Wildman–Crippen MR) is 196 cm³/mol. The smallest absolute Gasteiger partial charge is 0.460 e. The summed E-state index contributed by atoms with van der Waals surface area (Å²) in [4.78, 5) is 0. The summed E-state index contributed by atoms with van der Waals surface area (Å²) in [5, 5.41) is 0. The third-order valence-electron chi connectivity index (χ3n) is 10.8. The Balaban J connectivity index is 1.83. The fourth-order valence-corrected chi connectivity index (χ4v) is 7.15. The monoisotopic (exact) mass is 762 g/mol. The summed E-state index contributed by atoms with van der Waals surface area (Å²) in [6.45, 7) is 18.5. The Morgan fingerprint density at radius 3 is 1.77 bits per heavy atom. The van der Waals surface area contributed by atoms with Crippen LogP contribution in [-0.2, 0) is 11.8 Å². The summed E-state index contributed by atoms with van der Waals surface area (Å²) < 4.78 is 133. The van der Waals surface area contributed by atoms with Crippen LogP contribution >= 0.6 is 0 Å². The first-order valence-corrected chi connectivity index (χ1v) is 19.1. The molecule has 0 spiro atoms. The molecule has 0 aliphatic carbocycles. The van der Waals surface area contributed by atoms with Crippen molar-refractivity contribution >= 4 is 5.57 Å². The molecule has 53 heavy (non-hydrogen) atoms. The maximum Gasteiger partial charge on any atom is 0.460 e. The van der Waals surface area contributed by atoms with Gasteiger partial charge in [0.2, 0.25) is 0 Å². The third kappa shape index (κ3) is 11.2. The van der Waals surface area contributed by atoms with Gasteiger partial charge in [-0.3, -0.25) is 0 Å². The summed E-state index contributed by atoms with van der Waals surface area (Å²) in [6, 6.07) is 8.82. The molecule has 2 aromatic rings. The Labute approximate surface area is 311 Å². The van der Waals surface area contributed by atoms with E-state index in [4.69, 9.17) is 4.74 Å². The summed E-state index contributed by atoms with van der Waals surface area (Å²) in [5.41, 5.74) is 0.366. The van der Waals surface area contributed by atoms with Gasteiger partial charge in [0.1, 0.15) is 11.4 Å². The van der Waals surface area contributed by atoms with Crippen LogP contribution < -0.4 is 4.74 Å². The molecule has 2 aromatic carbocycles. The first kappa shape index (κ1) is 44.7. The van der Waals surface area contributed by atoms with Crippen molar-refractivity contribution in [3.63, 3.8) is 0 Å².